The summed E-state index contributed by atoms with van der Waals surface area (Å²) in [6, 6.07) is 5.95. The van der Waals surface area contributed by atoms with Crippen LogP contribution >= 0.6 is 22.9 Å². The minimum atomic E-state index is 0.505. The van der Waals surface area contributed by atoms with Crippen LogP contribution in [0.15, 0.2) is 24.4 Å². The van der Waals surface area contributed by atoms with Crippen molar-refractivity contribution < 1.29 is 0 Å². The molecule has 0 saturated heterocycles. The molecule has 0 spiro atoms. The molecule has 5 heteroatoms. The van der Waals surface area contributed by atoms with Gasteiger partial charge in [0, 0.05) is 30.2 Å². The lowest BCUT2D eigenvalue weighted by Crippen LogP contribution is -2.20. The van der Waals surface area contributed by atoms with Crippen LogP contribution < -0.4 is 10.6 Å². The van der Waals surface area contributed by atoms with Gasteiger partial charge in [0.1, 0.15) is 5.82 Å². The van der Waals surface area contributed by atoms with Gasteiger partial charge in [-0.15, -0.1) is 11.3 Å². The molecule has 0 atom stereocenters. The van der Waals surface area contributed by atoms with Crippen molar-refractivity contribution in [2.45, 2.75) is 20.0 Å². The second-order valence-electron chi connectivity index (χ2n) is 4.20. The second kappa shape index (κ2) is 5.69. The summed E-state index contributed by atoms with van der Waals surface area (Å²) in [5, 5.41) is 0. The van der Waals surface area contributed by atoms with E-state index in [9.17, 15) is 0 Å². The van der Waals surface area contributed by atoms with Gasteiger partial charge in [0.15, 0.2) is 0 Å². The Balaban J connectivity index is 2.23. The van der Waals surface area contributed by atoms with E-state index in [-0.39, 0.29) is 0 Å². The summed E-state index contributed by atoms with van der Waals surface area (Å²) < 4.78 is 0.814. The topological polar surface area (TPSA) is 42.2 Å². The van der Waals surface area contributed by atoms with E-state index in [4.69, 9.17) is 17.3 Å². The monoisotopic (exact) mass is 281 g/mol. The molecule has 18 heavy (non-hydrogen) atoms. The molecule has 2 heterocycles. The van der Waals surface area contributed by atoms with Crippen molar-refractivity contribution in [1.82, 2.24) is 4.98 Å². The number of pyridine rings is 1. The molecule has 2 N–H and O–H groups in total. The highest BCUT2D eigenvalue weighted by Gasteiger charge is 2.11. The standard InChI is InChI=1S/C13H16ClN3S/c1-9-5-6-16-13(11(9)7-15)17(2)8-10-3-4-12(14)18-10/h3-6H,7-8,15H2,1-2H3. The number of nitrogens with two attached hydrogens (primary N) is 1. The molecule has 0 radical (unpaired) electrons. The normalized spacial score (nSPS) is 10.7. The largest absolute Gasteiger partial charge is 0.354 e. The SMILES string of the molecule is Cc1ccnc(N(C)Cc2ccc(Cl)s2)c1CN. The van der Waals surface area contributed by atoms with Gasteiger partial charge in [0.2, 0.25) is 0 Å². The number of hydrogen-bond donors (Lipinski definition) is 1. The summed E-state index contributed by atoms with van der Waals surface area (Å²) in [4.78, 5) is 7.76. The fraction of sp³-hybridized carbons (Fsp3) is 0.308. The summed E-state index contributed by atoms with van der Waals surface area (Å²) in [7, 11) is 2.02. The molecule has 0 fully saturated rings. The fourth-order valence-electron chi connectivity index (χ4n) is 1.90. The van der Waals surface area contributed by atoms with Crippen LogP contribution in [0.2, 0.25) is 4.34 Å². The molecular formula is C13H16ClN3S. The molecule has 0 saturated carbocycles. The van der Waals surface area contributed by atoms with Gasteiger partial charge in [-0.1, -0.05) is 11.6 Å². The van der Waals surface area contributed by atoms with Crippen LogP contribution in [0.25, 0.3) is 0 Å². The Labute approximate surface area is 116 Å². The Morgan fingerprint density at radius 2 is 2.17 bits per heavy atom. The Bertz CT molecular complexity index is 539. The van der Waals surface area contributed by atoms with Crippen LogP contribution in [0.4, 0.5) is 5.82 Å². The molecule has 0 amide bonds. The van der Waals surface area contributed by atoms with Crippen molar-refractivity contribution in [1.29, 1.82) is 0 Å². The lowest BCUT2D eigenvalue weighted by Gasteiger charge is -2.21. The first-order valence-corrected chi connectivity index (χ1v) is 6.91. The predicted molar refractivity (Wildman–Crippen MR) is 78.3 cm³/mol. The molecule has 2 aromatic heterocycles. The highest BCUT2D eigenvalue weighted by Crippen LogP contribution is 2.25. The average molecular weight is 282 g/mol. The average Bonchev–Trinajstić information content (AvgIpc) is 2.74. The predicted octanol–water partition coefficient (Wildman–Crippen LogP) is 3.20. The first kappa shape index (κ1) is 13.3. The van der Waals surface area contributed by atoms with Crippen LogP contribution in [-0.2, 0) is 13.1 Å². The van der Waals surface area contributed by atoms with Gasteiger partial charge >= 0.3 is 0 Å². The van der Waals surface area contributed by atoms with Crippen LogP contribution in [0.3, 0.4) is 0 Å². The maximum absolute atomic E-state index is 5.94. The van der Waals surface area contributed by atoms with E-state index in [1.165, 1.54) is 10.4 Å². The first-order valence-electron chi connectivity index (χ1n) is 5.71. The molecule has 2 rings (SSSR count). The number of rotatable bonds is 4. The van der Waals surface area contributed by atoms with Gasteiger partial charge in [-0.05, 0) is 30.7 Å². The van der Waals surface area contributed by atoms with Crippen molar-refractivity contribution in [3.63, 3.8) is 0 Å². The summed E-state index contributed by atoms with van der Waals surface area (Å²) in [5.41, 5.74) is 8.08. The van der Waals surface area contributed by atoms with Crippen molar-refractivity contribution in [3.05, 3.63) is 44.7 Å². The number of aryl methyl sites for hydroxylation is 1. The smallest absolute Gasteiger partial charge is 0.133 e. The van der Waals surface area contributed by atoms with Gasteiger partial charge in [0.05, 0.1) is 10.9 Å². The Morgan fingerprint density at radius 1 is 1.39 bits per heavy atom. The fourth-order valence-corrected chi connectivity index (χ4v) is 3.04. The first-order chi connectivity index (χ1) is 8.61. The maximum Gasteiger partial charge on any atom is 0.133 e. The highest BCUT2D eigenvalue weighted by atomic mass is 35.5. The van der Waals surface area contributed by atoms with Crippen LogP contribution in [0, 0.1) is 6.92 Å². The Morgan fingerprint density at radius 3 is 2.78 bits per heavy atom. The highest BCUT2D eigenvalue weighted by molar-refractivity contribution is 7.16. The molecule has 0 unspecified atom stereocenters. The Kier molecular flexibility index (Phi) is 4.22. The molecular weight excluding hydrogens is 266 g/mol. The van der Waals surface area contributed by atoms with Crippen LogP contribution in [-0.4, -0.2) is 12.0 Å². The molecule has 96 valence electrons. The Hall–Kier alpha value is -1.10. The van der Waals surface area contributed by atoms with Crippen molar-refractivity contribution in [3.8, 4) is 0 Å². The number of thiophene rings is 1. The minimum absolute atomic E-state index is 0.505. The quantitative estimate of drug-likeness (QED) is 0.936. The van der Waals surface area contributed by atoms with Crippen molar-refractivity contribution in [2.24, 2.45) is 5.73 Å². The van der Waals surface area contributed by atoms with Crippen molar-refractivity contribution >= 4 is 28.8 Å². The molecule has 0 aromatic carbocycles. The van der Waals surface area contributed by atoms with Crippen molar-refractivity contribution in [2.75, 3.05) is 11.9 Å². The summed E-state index contributed by atoms with van der Waals surface area (Å²) >= 11 is 7.53. The number of nitrogens with zero attached hydrogens (tertiary/aromatic N) is 2. The van der Waals surface area contributed by atoms with E-state index in [1.807, 2.05) is 31.4 Å². The zero-order chi connectivity index (χ0) is 13.1. The van der Waals surface area contributed by atoms with Gasteiger partial charge in [-0.3, -0.25) is 0 Å². The zero-order valence-corrected chi connectivity index (χ0v) is 12.1. The molecule has 0 aliphatic heterocycles. The summed E-state index contributed by atoms with van der Waals surface area (Å²) in [6.45, 7) is 3.36. The third kappa shape index (κ3) is 2.83. The number of anilines is 1. The van der Waals surface area contributed by atoms with E-state index in [0.29, 0.717) is 6.54 Å². The molecule has 0 aliphatic rings. The van der Waals surface area contributed by atoms with Crippen LogP contribution in [0.1, 0.15) is 16.0 Å². The third-order valence-corrected chi connectivity index (χ3v) is 4.07. The van der Waals surface area contributed by atoms with Gasteiger partial charge in [-0.2, -0.15) is 0 Å². The second-order valence-corrected chi connectivity index (χ2v) is 6.00. The third-order valence-electron chi connectivity index (χ3n) is 2.85. The maximum atomic E-state index is 5.94. The van der Waals surface area contributed by atoms with Gasteiger partial charge < -0.3 is 10.6 Å². The summed E-state index contributed by atoms with van der Waals surface area (Å²) in [5.74, 6) is 0.946. The lowest BCUT2D eigenvalue weighted by atomic mass is 10.1. The lowest BCUT2D eigenvalue weighted by molar-refractivity contribution is 0.882. The number of halogens is 1. The van der Waals surface area contributed by atoms with Gasteiger partial charge in [-0.25, -0.2) is 4.98 Å². The van der Waals surface area contributed by atoms with Gasteiger partial charge in [0.25, 0.3) is 0 Å². The number of aromatic nitrogens is 1. The molecule has 0 aliphatic carbocycles. The minimum Gasteiger partial charge on any atom is -0.354 e. The van der Waals surface area contributed by atoms with Crippen LogP contribution in [0.5, 0.6) is 0 Å². The van der Waals surface area contributed by atoms with E-state index in [1.54, 1.807) is 11.3 Å². The molecule has 2 aromatic rings. The zero-order valence-electron chi connectivity index (χ0n) is 10.5. The van der Waals surface area contributed by atoms with E-state index in [2.05, 4.69) is 16.8 Å². The molecule has 3 nitrogen and oxygen atoms in total. The van der Waals surface area contributed by atoms with E-state index < -0.39 is 0 Å². The summed E-state index contributed by atoms with van der Waals surface area (Å²) in [6.07, 6.45) is 1.82. The van der Waals surface area contributed by atoms with E-state index >= 15 is 0 Å². The molecule has 0 bridgehead atoms. The van der Waals surface area contributed by atoms with E-state index in [0.717, 1.165) is 22.3 Å². The number of hydrogen-bond acceptors (Lipinski definition) is 4.